The predicted octanol–water partition coefficient (Wildman–Crippen LogP) is 4.03. The molecule has 0 saturated carbocycles. The van der Waals surface area contributed by atoms with Crippen LogP contribution < -0.4 is 4.90 Å². The Kier molecular flexibility index (Phi) is 7.41. The molecule has 0 amide bonds. The zero-order valence-corrected chi connectivity index (χ0v) is 20.4. The number of β-amino-alcohol motifs (C(OH)–C–C–N with tert-alkyl or cyclic N) is 1. The number of anilines is 1. The third-order valence-corrected chi connectivity index (χ3v) is 6.63. The van der Waals surface area contributed by atoms with Gasteiger partial charge in [-0.15, -0.1) is 0 Å². The highest BCUT2D eigenvalue weighted by molar-refractivity contribution is 5.52. The minimum Gasteiger partial charge on any atom is -0.391 e. The van der Waals surface area contributed by atoms with Gasteiger partial charge in [-0.05, 0) is 50.8 Å². The molecule has 0 aliphatic carbocycles. The number of rotatable bonds is 7. The fraction of sp³-hybridized carbons (Fsp3) is 0.429. The van der Waals surface area contributed by atoms with E-state index in [1.54, 1.807) is 0 Å². The highest BCUT2D eigenvalue weighted by atomic mass is 16.3. The van der Waals surface area contributed by atoms with E-state index in [1.165, 1.54) is 27.8 Å². The lowest BCUT2D eigenvalue weighted by molar-refractivity contribution is 0.109. The second-order valence-electron chi connectivity index (χ2n) is 9.40. The van der Waals surface area contributed by atoms with Gasteiger partial charge in [0.05, 0.1) is 6.10 Å². The van der Waals surface area contributed by atoms with Gasteiger partial charge in [-0.2, -0.15) is 0 Å². The van der Waals surface area contributed by atoms with Gasteiger partial charge in [0.1, 0.15) is 11.6 Å². The van der Waals surface area contributed by atoms with E-state index < -0.39 is 0 Å². The molecule has 0 bridgehead atoms. The fourth-order valence-corrected chi connectivity index (χ4v) is 4.76. The second-order valence-corrected chi connectivity index (χ2v) is 9.40. The lowest BCUT2D eigenvalue weighted by Crippen LogP contribution is -2.49. The Morgan fingerprint density at radius 3 is 2.36 bits per heavy atom. The molecular weight excluding hydrogens is 408 g/mol. The number of piperazine rings is 1. The van der Waals surface area contributed by atoms with E-state index >= 15 is 0 Å². The van der Waals surface area contributed by atoms with Crippen molar-refractivity contribution < 1.29 is 5.11 Å². The van der Waals surface area contributed by atoms with Crippen molar-refractivity contribution in [2.75, 3.05) is 37.6 Å². The largest absolute Gasteiger partial charge is 0.391 e. The van der Waals surface area contributed by atoms with Gasteiger partial charge in [0.2, 0.25) is 0 Å². The number of aliphatic hydroxyl groups excluding tert-OH is 1. The molecule has 1 fully saturated rings. The van der Waals surface area contributed by atoms with E-state index in [0.29, 0.717) is 13.0 Å². The number of hydrogen-bond acceptors (Lipinski definition) is 5. The number of aliphatic hydroxyl groups is 1. The van der Waals surface area contributed by atoms with Gasteiger partial charge in [0, 0.05) is 50.4 Å². The minimum absolute atomic E-state index is 0.345. The summed E-state index contributed by atoms with van der Waals surface area (Å²) in [5.41, 5.74) is 7.42. The average Bonchev–Trinajstić information content (AvgIpc) is 2.79. The van der Waals surface area contributed by atoms with E-state index in [2.05, 4.69) is 60.9 Å². The molecule has 1 atom stereocenters. The van der Waals surface area contributed by atoms with Crippen molar-refractivity contribution in [3.05, 3.63) is 87.9 Å². The standard InChI is InChI=1S/C28H36N4O/c1-20-10-11-21(2)25(16-20)18-27-22(3)29-23(4)30-28(27)32-14-12-31(13-15-32)19-26(33)17-24-8-6-5-7-9-24/h5-11,16,26,33H,12-15,17-19H2,1-4H3/t26-/m0/s1. The lowest BCUT2D eigenvalue weighted by Gasteiger charge is -2.37. The molecular formula is C28H36N4O. The number of nitrogens with zero attached hydrogens (tertiary/aromatic N) is 4. The zero-order valence-electron chi connectivity index (χ0n) is 20.4. The van der Waals surface area contributed by atoms with Crippen LogP contribution in [0.5, 0.6) is 0 Å². The van der Waals surface area contributed by atoms with Crippen LogP contribution in [0.2, 0.25) is 0 Å². The second kappa shape index (κ2) is 10.4. The third kappa shape index (κ3) is 5.98. The van der Waals surface area contributed by atoms with Crippen LogP contribution in [0, 0.1) is 27.7 Å². The summed E-state index contributed by atoms with van der Waals surface area (Å²) in [6.07, 6.45) is 1.21. The Labute approximate surface area is 198 Å². The van der Waals surface area contributed by atoms with Crippen molar-refractivity contribution in [3.63, 3.8) is 0 Å². The van der Waals surface area contributed by atoms with Crippen molar-refractivity contribution in [1.29, 1.82) is 0 Å². The maximum absolute atomic E-state index is 10.6. The maximum atomic E-state index is 10.6. The van der Waals surface area contributed by atoms with Crippen molar-refractivity contribution in [2.24, 2.45) is 0 Å². The summed E-state index contributed by atoms with van der Waals surface area (Å²) in [5.74, 6) is 1.90. The molecule has 3 aromatic rings. The van der Waals surface area contributed by atoms with Gasteiger partial charge in [0.15, 0.2) is 0 Å². The van der Waals surface area contributed by atoms with Crippen molar-refractivity contribution in [2.45, 2.75) is 46.6 Å². The van der Waals surface area contributed by atoms with Gasteiger partial charge in [0.25, 0.3) is 0 Å². The first-order valence-electron chi connectivity index (χ1n) is 12.0. The molecule has 2 aromatic carbocycles. The number of benzene rings is 2. The van der Waals surface area contributed by atoms with Crippen LogP contribution in [0.3, 0.4) is 0 Å². The Bertz CT molecular complexity index is 1070. The number of hydrogen-bond donors (Lipinski definition) is 1. The molecule has 0 unspecified atom stereocenters. The number of aryl methyl sites for hydroxylation is 4. The quantitative estimate of drug-likeness (QED) is 0.596. The SMILES string of the molecule is Cc1ccc(C)c(Cc2c(C)nc(C)nc2N2CCN(C[C@@H](O)Cc3ccccc3)CC2)c1. The van der Waals surface area contributed by atoms with Crippen LogP contribution in [0.15, 0.2) is 48.5 Å². The summed E-state index contributed by atoms with van der Waals surface area (Å²) in [7, 11) is 0. The fourth-order valence-electron chi connectivity index (χ4n) is 4.76. The highest BCUT2D eigenvalue weighted by Gasteiger charge is 2.24. The van der Waals surface area contributed by atoms with Crippen molar-refractivity contribution in [1.82, 2.24) is 14.9 Å². The first kappa shape index (κ1) is 23.4. The molecule has 1 aromatic heterocycles. The molecule has 5 nitrogen and oxygen atoms in total. The highest BCUT2D eigenvalue weighted by Crippen LogP contribution is 2.26. The molecule has 4 rings (SSSR count). The molecule has 0 spiro atoms. The smallest absolute Gasteiger partial charge is 0.136 e. The first-order valence-corrected chi connectivity index (χ1v) is 12.0. The maximum Gasteiger partial charge on any atom is 0.136 e. The van der Waals surface area contributed by atoms with Crippen LogP contribution in [0.4, 0.5) is 5.82 Å². The van der Waals surface area contributed by atoms with E-state index in [1.807, 2.05) is 25.1 Å². The Morgan fingerprint density at radius 2 is 1.64 bits per heavy atom. The van der Waals surface area contributed by atoms with E-state index in [4.69, 9.17) is 9.97 Å². The van der Waals surface area contributed by atoms with Gasteiger partial charge >= 0.3 is 0 Å². The molecule has 5 heteroatoms. The van der Waals surface area contributed by atoms with Gasteiger partial charge in [-0.3, -0.25) is 4.90 Å². The van der Waals surface area contributed by atoms with Crippen LogP contribution in [0.1, 0.15) is 39.3 Å². The normalized spacial score (nSPS) is 15.6. The molecule has 2 heterocycles. The lowest BCUT2D eigenvalue weighted by atomic mass is 9.97. The van der Waals surface area contributed by atoms with Gasteiger partial charge in [-0.25, -0.2) is 9.97 Å². The van der Waals surface area contributed by atoms with Crippen LogP contribution in [-0.2, 0) is 12.8 Å². The molecule has 1 saturated heterocycles. The number of aromatic nitrogens is 2. The van der Waals surface area contributed by atoms with Crippen LogP contribution >= 0.6 is 0 Å². The predicted molar refractivity (Wildman–Crippen MR) is 135 cm³/mol. The van der Waals surface area contributed by atoms with Crippen molar-refractivity contribution >= 4 is 5.82 Å². The Hall–Kier alpha value is -2.76. The summed E-state index contributed by atoms with van der Waals surface area (Å²) in [6.45, 7) is 12.8. The molecule has 1 aliphatic rings. The van der Waals surface area contributed by atoms with Crippen LogP contribution in [0.25, 0.3) is 0 Å². The van der Waals surface area contributed by atoms with E-state index in [-0.39, 0.29) is 6.10 Å². The van der Waals surface area contributed by atoms with E-state index in [0.717, 1.165) is 49.9 Å². The van der Waals surface area contributed by atoms with Crippen LogP contribution in [-0.4, -0.2) is 58.8 Å². The first-order chi connectivity index (χ1) is 15.9. The Morgan fingerprint density at radius 1 is 0.909 bits per heavy atom. The van der Waals surface area contributed by atoms with E-state index in [9.17, 15) is 5.11 Å². The molecule has 0 radical (unpaired) electrons. The summed E-state index contributed by atoms with van der Waals surface area (Å²) >= 11 is 0. The molecule has 1 N–H and O–H groups in total. The molecule has 1 aliphatic heterocycles. The summed E-state index contributed by atoms with van der Waals surface area (Å²) in [4.78, 5) is 14.4. The third-order valence-electron chi connectivity index (χ3n) is 6.63. The van der Waals surface area contributed by atoms with Gasteiger partial charge in [-0.1, -0.05) is 54.1 Å². The van der Waals surface area contributed by atoms with Crippen molar-refractivity contribution in [3.8, 4) is 0 Å². The molecule has 174 valence electrons. The minimum atomic E-state index is -0.345. The topological polar surface area (TPSA) is 52.5 Å². The summed E-state index contributed by atoms with van der Waals surface area (Å²) < 4.78 is 0. The van der Waals surface area contributed by atoms with Gasteiger partial charge < -0.3 is 10.0 Å². The summed E-state index contributed by atoms with van der Waals surface area (Å²) in [5, 5.41) is 10.6. The average molecular weight is 445 g/mol. The zero-order chi connectivity index (χ0) is 23.4. The monoisotopic (exact) mass is 444 g/mol. The molecule has 33 heavy (non-hydrogen) atoms. The summed E-state index contributed by atoms with van der Waals surface area (Å²) in [6, 6.07) is 16.9. The Balaban J connectivity index is 1.44.